The first-order valence-electron chi connectivity index (χ1n) is 7.88. The van der Waals surface area contributed by atoms with Crippen LogP contribution in [0.4, 0.5) is 0 Å². The highest BCUT2D eigenvalue weighted by molar-refractivity contribution is 14.1. The third-order valence-electron chi connectivity index (χ3n) is 3.91. The molecule has 1 aromatic rings. The standard InChI is InChI=1S/C17H21IN2O5/c1-9(2)8-17(20)13(21)11-6-4-3-5-10(11)7-12(19)14(22)24-16(18)25-15(17)23/h3-6,9,12,16H,7-8,19-20H2,1-2H3/t12?,16?,17-/m1/s1. The summed E-state index contributed by atoms with van der Waals surface area (Å²) in [6.07, 6.45) is 0.193. The highest BCUT2D eigenvalue weighted by Crippen LogP contribution is 2.26. The summed E-state index contributed by atoms with van der Waals surface area (Å²) >= 11 is 1.63. The fourth-order valence-corrected chi connectivity index (χ4v) is 3.27. The molecule has 0 aliphatic carbocycles. The second-order valence-corrected chi connectivity index (χ2v) is 7.50. The van der Waals surface area contributed by atoms with Gasteiger partial charge in [-0.3, -0.25) is 9.59 Å². The van der Waals surface area contributed by atoms with Crippen LogP contribution in [0.15, 0.2) is 24.3 Å². The molecule has 0 spiro atoms. The number of cyclic esters (lactones) is 2. The van der Waals surface area contributed by atoms with Gasteiger partial charge in [0.15, 0.2) is 11.3 Å². The lowest BCUT2D eigenvalue weighted by Crippen LogP contribution is -2.57. The Hall–Kier alpha value is -1.52. The number of alkyl halides is 1. The topological polar surface area (TPSA) is 122 Å². The first-order valence-corrected chi connectivity index (χ1v) is 9.12. The number of nitrogens with two attached hydrogens (primary N) is 2. The quantitative estimate of drug-likeness (QED) is 0.295. The summed E-state index contributed by atoms with van der Waals surface area (Å²) < 4.78 is 8.92. The maximum absolute atomic E-state index is 13.1. The zero-order valence-electron chi connectivity index (χ0n) is 14.0. The number of Topliss-reactive ketones (excluding diaryl/α,β-unsaturated/α-hetero) is 1. The molecule has 25 heavy (non-hydrogen) atoms. The Balaban J connectivity index is 2.57. The molecule has 0 radical (unpaired) electrons. The van der Waals surface area contributed by atoms with Crippen molar-refractivity contribution in [2.45, 2.75) is 42.6 Å². The molecule has 1 aliphatic heterocycles. The van der Waals surface area contributed by atoms with E-state index in [2.05, 4.69) is 0 Å². The summed E-state index contributed by atoms with van der Waals surface area (Å²) in [5, 5.41) is 0. The molecule has 1 heterocycles. The molecule has 0 aromatic heterocycles. The number of halogens is 1. The van der Waals surface area contributed by atoms with E-state index < -0.39 is 33.6 Å². The van der Waals surface area contributed by atoms with E-state index in [0.29, 0.717) is 5.56 Å². The highest BCUT2D eigenvalue weighted by Gasteiger charge is 2.46. The molecule has 0 saturated heterocycles. The SMILES string of the molecule is CC(C)C[C@]1(N)C(=O)OC(I)OC(=O)C(N)Cc2ccccc2C1=O. The molecule has 0 bridgehead atoms. The number of fused-ring (bicyclic) bond motifs is 1. The number of ether oxygens (including phenoxy) is 2. The third kappa shape index (κ3) is 4.36. The second-order valence-electron chi connectivity index (χ2n) is 6.48. The van der Waals surface area contributed by atoms with E-state index in [-0.39, 0.29) is 24.3 Å². The highest BCUT2D eigenvalue weighted by atomic mass is 127. The molecule has 8 heteroatoms. The Morgan fingerprint density at radius 3 is 2.52 bits per heavy atom. The molecule has 0 saturated carbocycles. The van der Waals surface area contributed by atoms with Crippen LogP contribution in [0.1, 0.15) is 36.2 Å². The van der Waals surface area contributed by atoms with Crippen molar-refractivity contribution in [1.82, 2.24) is 0 Å². The lowest BCUT2D eigenvalue weighted by molar-refractivity contribution is -0.174. The number of esters is 2. The van der Waals surface area contributed by atoms with E-state index in [1.54, 1.807) is 46.9 Å². The van der Waals surface area contributed by atoms with E-state index >= 15 is 0 Å². The van der Waals surface area contributed by atoms with E-state index in [1.165, 1.54) is 0 Å². The van der Waals surface area contributed by atoms with E-state index in [4.69, 9.17) is 20.9 Å². The predicted octanol–water partition coefficient (Wildman–Crippen LogP) is 1.30. The lowest BCUT2D eigenvalue weighted by atomic mass is 9.81. The normalized spacial score (nSPS) is 28.0. The summed E-state index contributed by atoms with van der Waals surface area (Å²) in [6, 6.07) is 5.66. The smallest absolute Gasteiger partial charge is 0.337 e. The van der Waals surface area contributed by atoms with Gasteiger partial charge < -0.3 is 20.9 Å². The summed E-state index contributed by atoms with van der Waals surface area (Å²) in [7, 11) is 0. The van der Waals surface area contributed by atoms with Crippen molar-refractivity contribution in [1.29, 1.82) is 0 Å². The first kappa shape index (κ1) is 19.8. The zero-order chi connectivity index (χ0) is 18.8. The summed E-state index contributed by atoms with van der Waals surface area (Å²) in [4.78, 5) is 37.8. The Morgan fingerprint density at radius 2 is 1.88 bits per heavy atom. The van der Waals surface area contributed by atoms with Crippen molar-refractivity contribution in [2.75, 3.05) is 0 Å². The first-order chi connectivity index (χ1) is 11.6. The number of ketones is 1. The maximum Gasteiger partial charge on any atom is 0.337 e. The Morgan fingerprint density at radius 1 is 1.24 bits per heavy atom. The number of benzene rings is 1. The van der Waals surface area contributed by atoms with Gasteiger partial charge in [0, 0.05) is 28.2 Å². The van der Waals surface area contributed by atoms with Crippen LogP contribution in [-0.4, -0.2) is 33.6 Å². The van der Waals surface area contributed by atoms with Gasteiger partial charge in [-0.15, -0.1) is 0 Å². The summed E-state index contributed by atoms with van der Waals surface area (Å²) in [5.74, 6) is -2.23. The molecule has 2 rings (SSSR count). The Labute approximate surface area is 159 Å². The molecule has 4 N–H and O–H groups in total. The minimum Gasteiger partial charge on any atom is -0.415 e. The summed E-state index contributed by atoms with van der Waals surface area (Å²) in [5.41, 5.74) is 11.0. The van der Waals surface area contributed by atoms with E-state index in [1.807, 2.05) is 13.8 Å². The van der Waals surface area contributed by atoms with Crippen LogP contribution >= 0.6 is 22.6 Å². The number of rotatable bonds is 2. The summed E-state index contributed by atoms with van der Waals surface area (Å²) in [6.45, 7) is 3.70. The number of hydrogen-bond donors (Lipinski definition) is 2. The van der Waals surface area contributed by atoms with Gasteiger partial charge in [-0.2, -0.15) is 0 Å². The lowest BCUT2D eigenvalue weighted by Gasteiger charge is -2.28. The molecule has 1 aliphatic rings. The fraction of sp³-hybridized carbons (Fsp3) is 0.471. The molecular weight excluding hydrogens is 439 g/mol. The van der Waals surface area contributed by atoms with Crippen molar-refractivity contribution in [2.24, 2.45) is 17.4 Å². The van der Waals surface area contributed by atoms with Crippen LogP contribution < -0.4 is 11.5 Å². The fourth-order valence-electron chi connectivity index (χ4n) is 2.79. The van der Waals surface area contributed by atoms with Crippen LogP contribution in [0.25, 0.3) is 0 Å². The third-order valence-corrected chi connectivity index (χ3v) is 4.42. The monoisotopic (exact) mass is 460 g/mol. The molecule has 0 amide bonds. The minimum absolute atomic E-state index is 0.0312. The van der Waals surface area contributed by atoms with Gasteiger partial charge in [0.2, 0.25) is 0 Å². The minimum atomic E-state index is -1.87. The average Bonchev–Trinajstić information content (AvgIpc) is 2.53. The molecule has 2 unspecified atom stereocenters. The number of carbonyl (C=O) groups is 3. The van der Waals surface area contributed by atoms with Crippen molar-refractivity contribution in [3.63, 3.8) is 0 Å². The number of hydrogen-bond acceptors (Lipinski definition) is 7. The van der Waals surface area contributed by atoms with Crippen LogP contribution in [0.3, 0.4) is 0 Å². The molecule has 136 valence electrons. The van der Waals surface area contributed by atoms with Crippen LogP contribution in [0, 0.1) is 5.92 Å². The van der Waals surface area contributed by atoms with Gasteiger partial charge in [0.1, 0.15) is 6.04 Å². The van der Waals surface area contributed by atoms with Crippen molar-refractivity contribution in [3.05, 3.63) is 35.4 Å². The van der Waals surface area contributed by atoms with Gasteiger partial charge >= 0.3 is 11.9 Å². The molecular formula is C17H21IN2O5. The van der Waals surface area contributed by atoms with Crippen LogP contribution in [0.5, 0.6) is 0 Å². The van der Waals surface area contributed by atoms with E-state index in [9.17, 15) is 14.4 Å². The van der Waals surface area contributed by atoms with E-state index in [0.717, 1.165) is 0 Å². The molecule has 1 aromatic carbocycles. The van der Waals surface area contributed by atoms with Crippen LogP contribution in [-0.2, 0) is 25.5 Å². The van der Waals surface area contributed by atoms with Gasteiger partial charge in [-0.25, -0.2) is 4.79 Å². The average molecular weight is 460 g/mol. The predicted molar refractivity (Wildman–Crippen MR) is 98.8 cm³/mol. The van der Waals surface area contributed by atoms with Gasteiger partial charge in [0.05, 0.1) is 0 Å². The van der Waals surface area contributed by atoms with Gasteiger partial charge in [-0.1, -0.05) is 38.1 Å². The largest absolute Gasteiger partial charge is 0.415 e. The van der Waals surface area contributed by atoms with Crippen molar-refractivity contribution in [3.8, 4) is 0 Å². The second kappa shape index (κ2) is 7.79. The maximum atomic E-state index is 13.1. The van der Waals surface area contributed by atoms with Gasteiger partial charge in [-0.05, 0) is 24.3 Å². The molecule has 7 nitrogen and oxygen atoms in total. The van der Waals surface area contributed by atoms with Crippen LogP contribution in [0.2, 0.25) is 0 Å². The number of carbonyl (C=O) groups excluding carboxylic acids is 3. The van der Waals surface area contributed by atoms with Gasteiger partial charge in [0.25, 0.3) is 4.30 Å². The Kier molecular flexibility index (Phi) is 6.17. The van der Waals surface area contributed by atoms with Crippen molar-refractivity contribution < 1.29 is 23.9 Å². The zero-order valence-corrected chi connectivity index (χ0v) is 16.2. The molecule has 0 fully saturated rings. The molecule has 3 atom stereocenters. The Bertz CT molecular complexity index is 693. The van der Waals surface area contributed by atoms with Crippen molar-refractivity contribution >= 4 is 40.3 Å².